The molecule has 0 aromatic rings. The van der Waals surface area contributed by atoms with Gasteiger partial charge in [0.05, 0.1) is 6.54 Å². The van der Waals surface area contributed by atoms with Gasteiger partial charge in [-0.2, -0.15) is 0 Å². The monoisotopic (exact) mass is 180 g/mol. The molecule has 0 fully saturated rings. The molecule has 0 saturated carbocycles. The number of rotatable bonds is 4. The van der Waals surface area contributed by atoms with E-state index in [-0.39, 0.29) is 24.4 Å². The van der Waals surface area contributed by atoms with Gasteiger partial charge in [0.15, 0.2) is 0 Å². The third-order valence-corrected chi connectivity index (χ3v) is 0.985. The normalized spacial score (nSPS) is 9.09. The number of carbonyl (C=O) groups is 1. The average molecular weight is 181 g/mol. The fraction of sp³-hybridized carbons (Fsp3) is 0.857. The molecule has 4 heteroatoms. The third kappa shape index (κ3) is 9.72. The van der Waals surface area contributed by atoms with Gasteiger partial charge in [0.1, 0.15) is 0 Å². The van der Waals surface area contributed by atoms with Crippen molar-refractivity contribution in [2.24, 2.45) is 0 Å². The van der Waals surface area contributed by atoms with E-state index in [1.807, 2.05) is 20.8 Å². The van der Waals surface area contributed by atoms with Crippen molar-refractivity contribution in [1.29, 1.82) is 0 Å². The summed E-state index contributed by atoms with van der Waals surface area (Å²) in [6.45, 7) is 7.14. The predicted octanol–water partition coefficient (Wildman–Crippen LogP) is 0.542. The van der Waals surface area contributed by atoms with Crippen LogP contribution in [0.3, 0.4) is 0 Å². The molecule has 0 heterocycles. The zero-order valence-corrected chi connectivity index (χ0v) is 8.12. The quantitative estimate of drug-likeness (QED) is 0.663. The topological polar surface area (TPSA) is 41.1 Å². The van der Waals surface area contributed by atoms with Crippen LogP contribution in [0, 0.1) is 0 Å². The van der Waals surface area contributed by atoms with Crippen LogP contribution in [0.25, 0.3) is 0 Å². The zero-order valence-electron chi connectivity index (χ0n) is 7.31. The third-order valence-electron chi connectivity index (χ3n) is 0.985. The molecule has 3 nitrogen and oxygen atoms in total. The van der Waals surface area contributed by atoms with Crippen molar-refractivity contribution in [3.8, 4) is 0 Å². The lowest BCUT2D eigenvalue weighted by molar-refractivity contribution is -0.120. The molecule has 0 unspecified atom stereocenters. The van der Waals surface area contributed by atoms with Crippen molar-refractivity contribution in [3.05, 3.63) is 0 Å². The summed E-state index contributed by atoms with van der Waals surface area (Å²) in [5.41, 5.74) is 0. The fourth-order valence-corrected chi connectivity index (χ4v) is 0.612. The van der Waals surface area contributed by atoms with E-state index in [1.54, 1.807) is 0 Å². The lowest BCUT2D eigenvalue weighted by Crippen LogP contribution is -2.37. The molecule has 11 heavy (non-hydrogen) atoms. The van der Waals surface area contributed by atoms with Gasteiger partial charge in [-0.15, -0.1) is 12.4 Å². The minimum absolute atomic E-state index is 0. The largest absolute Gasteiger partial charge is 0.353 e. The second-order valence-corrected chi connectivity index (χ2v) is 2.50. The number of hydrogen-bond donors (Lipinski definition) is 2. The average Bonchev–Trinajstić information content (AvgIpc) is 1.82. The van der Waals surface area contributed by atoms with Crippen LogP contribution >= 0.6 is 12.4 Å². The summed E-state index contributed by atoms with van der Waals surface area (Å²) in [7, 11) is 0. The Hall–Kier alpha value is -0.280. The van der Waals surface area contributed by atoms with Gasteiger partial charge in [-0.05, 0) is 20.4 Å². The summed E-state index contributed by atoms with van der Waals surface area (Å²) in [5.74, 6) is 0.0665. The number of nitrogens with one attached hydrogen (secondary N) is 2. The van der Waals surface area contributed by atoms with Gasteiger partial charge in [0, 0.05) is 6.04 Å². The first-order valence-electron chi connectivity index (χ1n) is 3.67. The van der Waals surface area contributed by atoms with Crippen LogP contribution < -0.4 is 10.6 Å². The SMILES string of the molecule is CCNCC(=O)NC(C)C.Cl. The maximum atomic E-state index is 10.8. The first-order valence-corrected chi connectivity index (χ1v) is 3.67. The second kappa shape index (κ2) is 7.82. The van der Waals surface area contributed by atoms with Gasteiger partial charge < -0.3 is 10.6 Å². The number of hydrogen-bond acceptors (Lipinski definition) is 2. The first kappa shape index (κ1) is 13.3. The maximum absolute atomic E-state index is 10.8. The van der Waals surface area contributed by atoms with E-state index in [4.69, 9.17) is 0 Å². The molecule has 0 atom stereocenters. The Labute approximate surface area is 74.3 Å². The van der Waals surface area contributed by atoms with E-state index >= 15 is 0 Å². The summed E-state index contributed by atoms with van der Waals surface area (Å²) in [5, 5.41) is 5.72. The molecule has 0 aliphatic rings. The fourth-order valence-electron chi connectivity index (χ4n) is 0.612. The summed E-state index contributed by atoms with van der Waals surface area (Å²) < 4.78 is 0. The highest BCUT2D eigenvalue weighted by Gasteiger charge is 1.99. The van der Waals surface area contributed by atoms with Gasteiger partial charge >= 0.3 is 0 Å². The molecule has 0 bridgehead atoms. The Bertz CT molecular complexity index is 107. The smallest absolute Gasteiger partial charge is 0.234 e. The minimum atomic E-state index is 0. The molecule has 0 aliphatic carbocycles. The molecule has 0 aromatic carbocycles. The molecule has 0 saturated heterocycles. The van der Waals surface area contributed by atoms with E-state index in [1.165, 1.54) is 0 Å². The van der Waals surface area contributed by atoms with Crippen molar-refractivity contribution in [2.75, 3.05) is 13.1 Å². The van der Waals surface area contributed by atoms with Gasteiger partial charge in [-0.25, -0.2) is 0 Å². The van der Waals surface area contributed by atoms with Crippen LogP contribution in [0.5, 0.6) is 0 Å². The summed E-state index contributed by atoms with van der Waals surface area (Å²) in [6, 6.07) is 0.242. The van der Waals surface area contributed by atoms with E-state index in [0.29, 0.717) is 6.54 Å². The van der Waals surface area contributed by atoms with Crippen LogP contribution in [-0.2, 0) is 4.79 Å². The Morgan fingerprint density at radius 3 is 2.36 bits per heavy atom. The Morgan fingerprint density at radius 2 is 2.00 bits per heavy atom. The van der Waals surface area contributed by atoms with Gasteiger partial charge in [-0.1, -0.05) is 6.92 Å². The van der Waals surface area contributed by atoms with Crippen LogP contribution in [-0.4, -0.2) is 25.0 Å². The van der Waals surface area contributed by atoms with Crippen LogP contribution in [0.4, 0.5) is 0 Å². The number of likely N-dealkylation sites (N-methyl/N-ethyl adjacent to an activating group) is 1. The zero-order chi connectivity index (χ0) is 7.98. The van der Waals surface area contributed by atoms with Gasteiger partial charge in [-0.3, -0.25) is 4.79 Å². The first-order chi connectivity index (χ1) is 4.66. The minimum Gasteiger partial charge on any atom is -0.353 e. The standard InChI is InChI=1S/C7H16N2O.ClH/c1-4-8-5-7(10)9-6(2)3;/h6,8H,4-5H2,1-3H3,(H,9,10);1H. The van der Waals surface area contributed by atoms with Crippen molar-refractivity contribution < 1.29 is 4.79 Å². The lowest BCUT2D eigenvalue weighted by atomic mass is 10.4. The Kier molecular flexibility index (Phi) is 9.47. The molecular formula is C7H17ClN2O. The summed E-state index contributed by atoms with van der Waals surface area (Å²) >= 11 is 0. The number of amides is 1. The molecule has 68 valence electrons. The Morgan fingerprint density at radius 1 is 1.45 bits per heavy atom. The van der Waals surface area contributed by atoms with E-state index in [9.17, 15) is 4.79 Å². The lowest BCUT2D eigenvalue weighted by Gasteiger charge is -2.07. The molecule has 0 aromatic heterocycles. The van der Waals surface area contributed by atoms with Crippen LogP contribution in [0.2, 0.25) is 0 Å². The van der Waals surface area contributed by atoms with E-state index in [2.05, 4.69) is 10.6 Å². The second-order valence-electron chi connectivity index (χ2n) is 2.50. The van der Waals surface area contributed by atoms with Gasteiger partial charge in [0.25, 0.3) is 0 Å². The highest BCUT2D eigenvalue weighted by Crippen LogP contribution is 1.74. The summed E-state index contributed by atoms with van der Waals surface area (Å²) in [4.78, 5) is 10.8. The molecule has 1 amide bonds. The van der Waals surface area contributed by atoms with Crippen molar-refractivity contribution in [2.45, 2.75) is 26.8 Å². The van der Waals surface area contributed by atoms with Crippen molar-refractivity contribution in [1.82, 2.24) is 10.6 Å². The molecule has 0 spiro atoms. The highest BCUT2D eigenvalue weighted by atomic mass is 35.5. The molecule has 0 aliphatic heterocycles. The van der Waals surface area contributed by atoms with E-state index in [0.717, 1.165) is 6.54 Å². The Balaban J connectivity index is 0. The molecule has 0 radical (unpaired) electrons. The predicted molar refractivity (Wildman–Crippen MR) is 49.1 cm³/mol. The van der Waals surface area contributed by atoms with Crippen molar-refractivity contribution >= 4 is 18.3 Å². The van der Waals surface area contributed by atoms with Crippen LogP contribution in [0.1, 0.15) is 20.8 Å². The molecule has 2 N–H and O–H groups in total. The number of carbonyl (C=O) groups excluding carboxylic acids is 1. The summed E-state index contributed by atoms with van der Waals surface area (Å²) in [6.07, 6.45) is 0. The molecular weight excluding hydrogens is 164 g/mol. The van der Waals surface area contributed by atoms with E-state index < -0.39 is 0 Å². The van der Waals surface area contributed by atoms with Crippen LogP contribution in [0.15, 0.2) is 0 Å². The highest BCUT2D eigenvalue weighted by molar-refractivity contribution is 5.85. The molecule has 0 rings (SSSR count). The van der Waals surface area contributed by atoms with Gasteiger partial charge in [0.2, 0.25) is 5.91 Å². The van der Waals surface area contributed by atoms with Crippen molar-refractivity contribution in [3.63, 3.8) is 0 Å². The number of halogens is 1. The maximum Gasteiger partial charge on any atom is 0.234 e.